The summed E-state index contributed by atoms with van der Waals surface area (Å²) in [6, 6.07) is 0. The third kappa shape index (κ3) is 7.53. The topological polar surface area (TPSA) is 41.6 Å². The van der Waals surface area contributed by atoms with Crippen molar-refractivity contribution in [3.63, 3.8) is 0 Å². The van der Waals surface area contributed by atoms with Crippen LogP contribution in [0.15, 0.2) is 0 Å². The highest BCUT2D eigenvalue weighted by molar-refractivity contribution is 5.71. The third-order valence-corrected chi connectivity index (χ3v) is 3.57. The van der Waals surface area contributed by atoms with Crippen LogP contribution in [0.4, 0.5) is 0 Å². The predicted octanol–water partition coefficient (Wildman–Crippen LogP) is 2.04. The molecule has 0 radical (unpaired) electrons. The summed E-state index contributed by atoms with van der Waals surface area (Å²) in [5, 5.41) is 3.43. The Balaban J connectivity index is 2.27. The SMILES string of the molecule is CCCCOC(=O)CN(CCC)CC1CCCNC1. The van der Waals surface area contributed by atoms with Crippen molar-refractivity contribution in [3.8, 4) is 0 Å². The highest BCUT2D eigenvalue weighted by atomic mass is 16.5. The number of rotatable bonds is 9. The Morgan fingerprint density at radius 1 is 1.37 bits per heavy atom. The van der Waals surface area contributed by atoms with Crippen molar-refractivity contribution in [2.24, 2.45) is 5.92 Å². The van der Waals surface area contributed by atoms with Gasteiger partial charge in [-0.05, 0) is 51.2 Å². The van der Waals surface area contributed by atoms with Crippen molar-refractivity contribution >= 4 is 5.97 Å². The van der Waals surface area contributed by atoms with Crippen LogP contribution < -0.4 is 5.32 Å². The van der Waals surface area contributed by atoms with Gasteiger partial charge in [0.25, 0.3) is 0 Å². The van der Waals surface area contributed by atoms with Gasteiger partial charge in [-0.3, -0.25) is 9.69 Å². The zero-order chi connectivity index (χ0) is 13.9. The van der Waals surface area contributed by atoms with E-state index in [9.17, 15) is 4.79 Å². The number of unbranched alkanes of at least 4 members (excludes halogenated alkanes) is 1. The molecule has 0 aliphatic carbocycles. The number of carbonyl (C=O) groups excluding carboxylic acids is 1. The minimum Gasteiger partial charge on any atom is -0.465 e. The molecule has 1 aliphatic heterocycles. The smallest absolute Gasteiger partial charge is 0.320 e. The Morgan fingerprint density at radius 2 is 2.21 bits per heavy atom. The summed E-state index contributed by atoms with van der Waals surface area (Å²) < 4.78 is 5.25. The predicted molar refractivity (Wildman–Crippen MR) is 78.2 cm³/mol. The molecule has 4 heteroatoms. The van der Waals surface area contributed by atoms with Crippen LogP contribution in [0.2, 0.25) is 0 Å². The number of esters is 1. The van der Waals surface area contributed by atoms with Crippen LogP contribution in [-0.2, 0) is 9.53 Å². The molecule has 1 heterocycles. The lowest BCUT2D eigenvalue weighted by molar-refractivity contribution is -0.145. The Kier molecular flexibility index (Phi) is 8.84. The lowest BCUT2D eigenvalue weighted by Gasteiger charge is -2.29. The number of hydrogen-bond acceptors (Lipinski definition) is 4. The summed E-state index contributed by atoms with van der Waals surface area (Å²) in [6.45, 7) is 9.52. The van der Waals surface area contributed by atoms with Gasteiger partial charge in [-0.25, -0.2) is 0 Å². The number of nitrogens with zero attached hydrogens (tertiary/aromatic N) is 1. The van der Waals surface area contributed by atoms with Gasteiger partial charge >= 0.3 is 5.97 Å². The monoisotopic (exact) mass is 270 g/mol. The highest BCUT2D eigenvalue weighted by Gasteiger charge is 2.18. The summed E-state index contributed by atoms with van der Waals surface area (Å²) in [5.74, 6) is 0.620. The van der Waals surface area contributed by atoms with Crippen molar-refractivity contribution < 1.29 is 9.53 Å². The lowest BCUT2D eigenvalue weighted by Crippen LogP contribution is -2.41. The molecule has 1 atom stereocenters. The van der Waals surface area contributed by atoms with Gasteiger partial charge in [-0.2, -0.15) is 0 Å². The van der Waals surface area contributed by atoms with Gasteiger partial charge in [0.15, 0.2) is 0 Å². The number of piperidine rings is 1. The number of carbonyl (C=O) groups is 1. The van der Waals surface area contributed by atoms with Crippen molar-refractivity contribution in [3.05, 3.63) is 0 Å². The maximum atomic E-state index is 11.8. The summed E-state index contributed by atoms with van der Waals surface area (Å²) in [5.41, 5.74) is 0. The van der Waals surface area contributed by atoms with E-state index >= 15 is 0 Å². The van der Waals surface area contributed by atoms with Crippen molar-refractivity contribution in [1.82, 2.24) is 10.2 Å². The van der Waals surface area contributed by atoms with E-state index in [2.05, 4.69) is 24.1 Å². The average molecular weight is 270 g/mol. The van der Waals surface area contributed by atoms with Crippen LogP contribution in [0.3, 0.4) is 0 Å². The second-order valence-corrected chi connectivity index (χ2v) is 5.52. The van der Waals surface area contributed by atoms with Gasteiger partial charge < -0.3 is 10.1 Å². The minimum absolute atomic E-state index is 0.0642. The lowest BCUT2D eigenvalue weighted by atomic mass is 9.99. The molecule has 4 nitrogen and oxygen atoms in total. The molecule has 1 N–H and O–H groups in total. The summed E-state index contributed by atoms with van der Waals surface area (Å²) in [6.07, 6.45) is 5.65. The second-order valence-electron chi connectivity index (χ2n) is 5.52. The Bertz CT molecular complexity index is 240. The van der Waals surface area contributed by atoms with E-state index in [1.165, 1.54) is 12.8 Å². The van der Waals surface area contributed by atoms with E-state index < -0.39 is 0 Å². The molecule has 0 aromatic carbocycles. The van der Waals surface area contributed by atoms with Crippen molar-refractivity contribution in [2.75, 3.05) is 39.3 Å². The summed E-state index contributed by atoms with van der Waals surface area (Å²) in [4.78, 5) is 14.0. The first-order valence-electron chi connectivity index (χ1n) is 7.85. The fourth-order valence-electron chi connectivity index (χ4n) is 2.55. The molecule has 112 valence electrons. The summed E-state index contributed by atoms with van der Waals surface area (Å²) in [7, 11) is 0. The van der Waals surface area contributed by atoms with Crippen LogP contribution >= 0.6 is 0 Å². The molecule has 0 saturated carbocycles. The van der Waals surface area contributed by atoms with E-state index in [-0.39, 0.29) is 5.97 Å². The molecule has 1 unspecified atom stereocenters. The van der Waals surface area contributed by atoms with Crippen LogP contribution in [0, 0.1) is 5.92 Å². The number of hydrogen-bond donors (Lipinski definition) is 1. The van der Waals surface area contributed by atoms with E-state index in [4.69, 9.17) is 4.74 Å². The normalized spacial score (nSPS) is 19.6. The Hall–Kier alpha value is -0.610. The zero-order valence-electron chi connectivity index (χ0n) is 12.6. The maximum Gasteiger partial charge on any atom is 0.320 e. The van der Waals surface area contributed by atoms with Gasteiger partial charge in [0.05, 0.1) is 13.2 Å². The maximum absolute atomic E-state index is 11.8. The van der Waals surface area contributed by atoms with Gasteiger partial charge in [0, 0.05) is 6.54 Å². The molecular formula is C15H30N2O2. The van der Waals surface area contributed by atoms with Crippen LogP contribution in [0.1, 0.15) is 46.0 Å². The fourth-order valence-corrected chi connectivity index (χ4v) is 2.55. The molecule has 0 bridgehead atoms. The largest absolute Gasteiger partial charge is 0.465 e. The van der Waals surface area contributed by atoms with Crippen molar-refractivity contribution in [1.29, 1.82) is 0 Å². The Labute approximate surface area is 117 Å². The first kappa shape index (κ1) is 16.4. The first-order chi connectivity index (χ1) is 9.26. The third-order valence-electron chi connectivity index (χ3n) is 3.57. The quantitative estimate of drug-likeness (QED) is 0.514. The van der Waals surface area contributed by atoms with E-state index in [0.29, 0.717) is 19.1 Å². The van der Waals surface area contributed by atoms with Gasteiger partial charge in [-0.15, -0.1) is 0 Å². The first-order valence-corrected chi connectivity index (χ1v) is 7.85. The van der Waals surface area contributed by atoms with Crippen LogP contribution in [-0.4, -0.2) is 50.2 Å². The molecule has 1 aliphatic rings. The van der Waals surface area contributed by atoms with Crippen LogP contribution in [0.5, 0.6) is 0 Å². The molecule has 0 aromatic rings. The van der Waals surface area contributed by atoms with Gasteiger partial charge in [-0.1, -0.05) is 20.3 Å². The number of ether oxygens (including phenoxy) is 1. The molecular weight excluding hydrogens is 240 g/mol. The van der Waals surface area contributed by atoms with Gasteiger partial charge in [0.2, 0.25) is 0 Å². The average Bonchev–Trinajstić information content (AvgIpc) is 2.40. The molecule has 19 heavy (non-hydrogen) atoms. The standard InChI is InChI=1S/C15H30N2O2/c1-3-5-10-19-15(18)13-17(9-4-2)12-14-7-6-8-16-11-14/h14,16H,3-13H2,1-2H3. The molecule has 0 spiro atoms. The molecule has 1 fully saturated rings. The second kappa shape index (κ2) is 10.2. The summed E-state index contributed by atoms with van der Waals surface area (Å²) >= 11 is 0. The van der Waals surface area contributed by atoms with Gasteiger partial charge in [0.1, 0.15) is 0 Å². The van der Waals surface area contributed by atoms with E-state index in [1.54, 1.807) is 0 Å². The Morgan fingerprint density at radius 3 is 2.84 bits per heavy atom. The molecule has 1 saturated heterocycles. The molecule has 0 aromatic heterocycles. The molecule has 1 rings (SSSR count). The number of nitrogens with one attached hydrogen (secondary N) is 1. The van der Waals surface area contributed by atoms with Crippen molar-refractivity contribution in [2.45, 2.75) is 46.0 Å². The van der Waals surface area contributed by atoms with Crippen LogP contribution in [0.25, 0.3) is 0 Å². The zero-order valence-corrected chi connectivity index (χ0v) is 12.6. The van der Waals surface area contributed by atoms with E-state index in [1.807, 2.05) is 0 Å². The minimum atomic E-state index is -0.0642. The highest BCUT2D eigenvalue weighted by Crippen LogP contribution is 2.12. The molecule has 0 amide bonds. The fraction of sp³-hybridized carbons (Fsp3) is 0.933. The van der Waals surface area contributed by atoms with E-state index in [0.717, 1.165) is 45.4 Å².